The molecule has 0 spiro atoms. The van der Waals surface area contributed by atoms with E-state index in [4.69, 9.17) is 0 Å². The third-order valence-electron chi connectivity index (χ3n) is 8.22. The third kappa shape index (κ3) is 5.07. The Morgan fingerprint density at radius 1 is 1.14 bits per heavy atom. The molecule has 2 heteroatoms. The summed E-state index contributed by atoms with van der Waals surface area (Å²) in [5, 5.41) is 20.8. The first kappa shape index (κ1) is 22.8. The highest BCUT2D eigenvalue weighted by Crippen LogP contribution is 2.57. The van der Waals surface area contributed by atoms with Crippen molar-refractivity contribution in [3.8, 4) is 0 Å². The van der Waals surface area contributed by atoms with Crippen molar-refractivity contribution in [3.63, 3.8) is 0 Å². The van der Waals surface area contributed by atoms with Crippen LogP contribution in [0.1, 0.15) is 98.8 Å². The number of aliphatic hydroxyl groups is 2. The number of hydrogen-bond acceptors (Lipinski definition) is 2. The van der Waals surface area contributed by atoms with E-state index in [1.807, 2.05) is 6.92 Å². The topological polar surface area (TPSA) is 40.5 Å². The Labute approximate surface area is 179 Å². The Morgan fingerprint density at radius 2 is 1.90 bits per heavy atom. The predicted molar refractivity (Wildman–Crippen MR) is 123 cm³/mol. The molecule has 2 saturated carbocycles. The molecule has 2 N–H and O–H groups in total. The molecule has 0 bridgehead atoms. The third-order valence-corrected chi connectivity index (χ3v) is 8.22. The minimum absolute atomic E-state index is 0.307. The SMILES string of the molecule is CC(C)CCC[C@@H](C)[C@H]1CC=C2/C(=C/C=C3\C[C@@H](O)CC[C@@]3(C)O)CCC[C@@]21C. The molecular formula is C27H44O2. The standard InChI is InChI=1S/C27H44O2/c1-19(2)8-6-9-20(3)24-13-14-25-21(10-7-16-26(24,25)4)11-12-22-18-23(28)15-17-27(22,5)29/h11-12,14,19-20,23-24,28-29H,6-10,13,15-18H2,1-5H3/b21-11+,22-12+/t20-,23+,24-,26-,27-/m1/s1. The van der Waals surface area contributed by atoms with E-state index in [2.05, 4.69) is 45.9 Å². The Kier molecular flexibility index (Phi) is 7.16. The van der Waals surface area contributed by atoms with Crippen LogP contribution in [0.4, 0.5) is 0 Å². The van der Waals surface area contributed by atoms with E-state index in [0.29, 0.717) is 24.7 Å². The molecule has 3 aliphatic carbocycles. The van der Waals surface area contributed by atoms with Crippen LogP contribution in [0.3, 0.4) is 0 Å². The zero-order valence-corrected chi connectivity index (χ0v) is 19.5. The highest BCUT2D eigenvalue weighted by molar-refractivity contribution is 5.45. The molecule has 29 heavy (non-hydrogen) atoms. The van der Waals surface area contributed by atoms with Crippen molar-refractivity contribution < 1.29 is 10.2 Å². The first-order chi connectivity index (χ1) is 13.6. The molecule has 0 aliphatic heterocycles. The normalized spacial score (nSPS) is 39.1. The van der Waals surface area contributed by atoms with Crippen molar-refractivity contribution >= 4 is 0 Å². The van der Waals surface area contributed by atoms with Crippen molar-refractivity contribution in [2.24, 2.45) is 23.2 Å². The minimum Gasteiger partial charge on any atom is -0.393 e. The van der Waals surface area contributed by atoms with Gasteiger partial charge in [-0.1, -0.05) is 65.2 Å². The summed E-state index contributed by atoms with van der Waals surface area (Å²) in [4.78, 5) is 0. The second-order valence-corrected chi connectivity index (χ2v) is 11.1. The highest BCUT2D eigenvalue weighted by atomic mass is 16.3. The van der Waals surface area contributed by atoms with Crippen LogP contribution in [0.5, 0.6) is 0 Å². The van der Waals surface area contributed by atoms with Gasteiger partial charge >= 0.3 is 0 Å². The summed E-state index contributed by atoms with van der Waals surface area (Å²) in [5.41, 5.74) is 3.59. The van der Waals surface area contributed by atoms with E-state index in [-0.39, 0.29) is 6.10 Å². The van der Waals surface area contributed by atoms with Crippen molar-refractivity contribution in [1.82, 2.24) is 0 Å². The van der Waals surface area contributed by atoms with Crippen LogP contribution in [0.25, 0.3) is 0 Å². The van der Waals surface area contributed by atoms with Gasteiger partial charge in [0.1, 0.15) is 0 Å². The summed E-state index contributed by atoms with van der Waals surface area (Å²) in [5.74, 6) is 2.35. The number of hydrogen-bond donors (Lipinski definition) is 2. The van der Waals surface area contributed by atoms with Crippen molar-refractivity contribution in [1.29, 1.82) is 0 Å². The largest absolute Gasteiger partial charge is 0.393 e. The van der Waals surface area contributed by atoms with Crippen LogP contribution in [0, 0.1) is 23.2 Å². The maximum absolute atomic E-state index is 10.7. The zero-order valence-electron chi connectivity index (χ0n) is 19.5. The fraction of sp³-hybridized carbons (Fsp3) is 0.778. The molecular weight excluding hydrogens is 356 g/mol. The summed E-state index contributed by atoms with van der Waals surface area (Å²) in [6, 6.07) is 0. The smallest absolute Gasteiger partial charge is 0.0833 e. The summed E-state index contributed by atoms with van der Waals surface area (Å²) in [6.07, 6.45) is 17.6. The van der Waals surface area contributed by atoms with Gasteiger partial charge in [0, 0.05) is 0 Å². The van der Waals surface area contributed by atoms with Crippen molar-refractivity contribution in [3.05, 3.63) is 34.9 Å². The predicted octanol–water partition coefficient (Wildman–Crippen LogP) is 6.73. The second-order valence-electron chi connectivity index (χ2n) is 11.1. The summed E-state index contributed by atoms with van der Waals surface area (Å²) in [7, 11) is 0. The minimum atomic E-state index is -0.772. The molecule has 0 saturated heterocycles. The van der Waals surface area contributed by atoms with E-state index in [0.717, 1.165) is 29.7 Å². The lowest BCUT2D eigenvalue weighted by atomic mass is 9.62. The molecule has 3 rings (SSSR count). The van der Waals surface area contributed by atoms with Crippen LogP contribution in [-0.2, 0) is 0 Å². The Hall–Kier alpha value is -0.860. The lowest BCUT2D eigenvalue weighted by Crippen LogP contribution is -2.35. The van der Waals surface area contributed by atoms with Gasteiger partial charge in [-0.25, -0.2) is 0 Å². The number of aliphatic hydroxyl groups excluding tert-OH is 1. The first-order valence-corrected chi connectivity index (χ1v) is 12.1. The number of rotatable bonds is 6. The van der Waals surface area contributed by atoms with Crippen LogP contribution in [0.15, 0.2) is 34.9 Å². The molecule has 0 aromatic rings. The van der Waals surface area contributed by atoms with E-state index in [9.17, 15) is 10.2 Å². The first-order valence-electron chi connectivity index (χ1n) is 12.1. The van der Waals surface area contributed by atoms with E-state index < -0.39 is 5.60 Å². The maximum Gasteiger partial charge on any atom is 0.0833 e. The Balaban J connectivity index is 1.74. The average molecular weight is 401 g/mol. The van der Waals surface area contributed by atoms with Gasteiger partial charge in [0.2, 0.25) is 0 Å². The Bertz CT molecular complexity index is 666. The monoisotopic (exact) mass is 400 g/mol. The van der Waals surface area contributed by atoms with Crippen LogP contribution < -0.4 is 0 Å². The van der Waals surface area contributed by atoms with Crippen LogP contribution in [-0.4, -0.2) is 21.9 Å². The quantitative estimate of drug-likeness (QED) is 0.518. The molecule has 3 aliphatic rings. The summed E-state index contributed by atoms with van der Waals surface area (Å²) in [6.45, 7) is 11.6. The van der Waals surface area contributed by atoms with Crippen molar-refractivity contribution in [2.45, 2.75) is 111 Å². The molecule has 164 valence electrons. The maximum atomic E-state index is 10.7. The molecule has 0 radical (unpaired) electrons. The van der Waals surface area contributed by atoms with Gasteiger partial charge in [0.25, 0.3) is 0 Å². The van der Waals surface area contributed by atoms with Gasteiger partial charge < -0.3 is 10.2 Å². The lowest BCUT2D eigenvalue weighted by molar-refractivity contribution is 0.0282. The van der Waals surface area contributed by atoms with Crippen molar-refractivity contribution in [2.75, 3.05) is 0 Å². The molecule has 2 fully saturated rings. The van der Waals surface area contributed by atoms with Gasteiger partial charge in [-0.3, -0.25) is 0 Å². The van der Waals surface area contributed by atoms with Gasteiger partial charge in [0.15, 0.2) is 0 Å². The number of allylic oxidation sites excluding steroid dienone is 5. The lowest BCUT2D eigenvalue weighted by Gasteiger charge is -2.42. The fourth-order valence-corrected chi connectivity index (χ4v) is 6.25. The Morgan fingerprint density at radius 3 is 2.62 bits per heavy atom. The highest BCUT2D eigenvalue weighted by Gasteiger charge is 2.45. The molecule has 0 amide bonds. The zero-order chi connectivity index (χ0) is 21.2. The van der Waals surface area contributed by atoms with Gasteiger partial charge in [-0.05, 0) is 91.8 Å². The van der Waals surface area contributed by atoms with E-state index in [1.165, 1.54) is 44.1 Å². The van der Waals surface area contributed by atoms with Crippen LogP contribution >= 0.6 is 0 Å². The summed E-state index contributed by atoms with van der Waals surface area (Å²) < 4.78 is 0. The van der Waals surface area contributed by atoms with Crippen LogP contribution in [0.2, 0.25) is 0 Å². The fourth-order valence-electron chi connectivity index (χ4n) is 6.25. The van der Waals surface area contributed by atoms with E-state index in [1.54, 1.807) is 5.57 Å². The van der Waals surface area contributed by atoms with Gasteiger partial charge in [-0.15, -0.1) is 0 Å². The molecule has 0 heterocycles. The number of fused-ring (bicyclic) bond motifs is 1. The molecule has 0 aromatic heterocycles. The second kappa shape index (κ2) is 9.10. The summed E-state index contributed by atoms with van der Waals surface area (Å²) >= 11 is 0. The average Bonchev–Trinajstić information content (AvgIpc) is 3.00. The van der Waals surface area contributed by atoms with Gasteiger partial charge in [-0.2, -0.15) is 0 Å². The van der Waals surface area contributed by atoms with E-state index >= 15 is 0 Å². The molecule has 2 nitrogen and oxygen atoms in total. The molecule has 0 aromatic carbocycles. The molecule has 0 unspecified atom stereocenters. The molecule has 5 atom stereocenters. The van der Waals surface area contributed by atoms with Gasteiger partial charge in [0.05, 0.1) is 11.7 Å².